The van der Waals surface area contributed by atoms with Crippen molar-refractivity contribution >= 4 is 95.6 Å². The van der Waals surface area contributed by atoms with E-state index in [1.54, 1.807) is 30.3 Å². The molecule has 8 rings (SSSR count). The van der Waals surface area contributed by atoms with E-state index in [1.165, 1.54) is 14.2 Å². The number of aromatic nitrogens is 8. The molecule has 0 saturated heterocycles. The van der Waals surface area contributed by atoms with Gasteiger partial charge in [-0.15, -0.1) is 0 Å². The second kappa shape index (κ2) is 16.7. The van der Waals surface area contributed by atoms with Crippen LogP contribution in [0.1, 0.15) is 36.5 Å². The van der Waals surface area contributed by atoms with Crippen LogP contribution in [-0.2, 0) is 17.8 Å². The van der Waals surface area contributed by atoms with Crippen LogP contribution >= 0.6 is 45.8 Å². The molecule has 8 aromatic rings. The number of hydrogen-bond acceptors (Lipinski definition) is 10. The smallest absolute Gasteiger partial charge is 0.360 e. The van der Waals surface area contributed by atoms with Gasteiger partial charge in [0.15, 0.2) is 5.69 Å². The van der Waals surface area contributed by atoms with Crippen LogP contribution < -0.4 is 9.47 Å². The lowest BCUT2D eigenvalue weighted by atomic mass is 10.1. The molecule has 0 atom stereocenters. The standard InChI is InChI=1S/C19H15ClN4O3.C17H12ClIN4O.2CH4/c1-26-16-6-5-15-17(22-16)18(19(25)27-2)23-24(15)10-11-3-4-14-12(7-11)8-13(20)9-21-14;1-24-15-5-4-14-16(21-15)17(19)22-23(14)9-10-2-3-13-11(6-10)7-12(18)8-20-13;;/h3-9H,10H2,1-2H3;2-8H,9H2,1H3;2*1H4. The zero-order chi connectivity index (χ0) is 35.6. The lowest BCUT2D eigenvalue weighted by Crippen LogP contribution is -2.06. The molecule has 0 spiro atoms. The average Bonchev–Trinajstić information content (AvgIpc) is 3.66. The van der Waals surface area contributed by atoms with E-state index in [9.17, 15) is 4.79 Å². The maximum atomic E-state index is 12.1. The van der Waals surface area contributed by atoms with E-state index in [0.29, 0.717) is 45.9 Å². The molecule has 0 aliphatic carbocycles. The van der Waals surface area contributed by atoms with Gasteiger partial charge in [-0.05, 0) is 82.2 Å². The van der Waals surface area contributed by atoms with Crippen LogP contribution in [0.4, 0.5) is 0 Å². The summed E-state index contributed by atoms with van der Waals surface area (Å²) >= 11 is 14.3. The summed E-state index contributed by atoms with van der Waals surface area (Å²) in [6.45, 7) is 1.10. The van der Waals surface area contributed by atoms with Gasteiger partial charge in [0.25, 0.3) is 0 Å². The van der Waals surface area contributed by atoms with E-state index < -0.39 is 5.97 Å². The van der Waals surface area contributed by atoms with Gasteiger partial charge in [-0.25, -0.2) is 14.8 Å². The van der Waals surface area contributed by atoms with Gasteiger partial charge in [0.1, 0.15) is 14.7 Å². The molecule has 0 N–H and O–H groups in total. The van der Waals surface area contributed by atoms with Gasteiger partial charge in [-0.2, -0.15) is 10.2 Å². The highest BCUT2D eigenvalue weighted by atomic mass is 127. The molecule has 0 aliphatic heterocycles. The second-order valence-corrected chi connectivity index (χ2v) is 13.1. The van der Waals surface area contributed by atoms with Crippen LogP contribution in [0.15, 0.2) is 85.2 Å². The lowest BCUT2D eigenvalue weighted by Gasteiger charge is -2.06. The van der Waals surface area contributed by atoms with Gasteiger partial charge in [0.2, 0.25) is 11.8 Å². The fraction of sp³-hybridized carbons (Fsp3) is 0.184. The van der Waals surface area contributed by atoms with E-state index in [2.05, 4.69) is 64.9 Å². The summed E-state index contributed by atoms with van der Waals surface area (Å²) in [6.07, 6.45) is 3.28. The van der Waals surface area contributed by atoms with E-state index in [0.717, 1.165) is 47.7 Å². The first-order valence-electron chi connectivity index (χ1n) is 15.4. The molecule has 53 heavy (non-hydrogen) atoms. The molecule has 15 heteroatoms. The van der Waals surface area contributed by atoms with Crippen LogP contribution in [0, 0.1) is 3.70 Å². The Bertz CT molecular complexity index is 2590. The fourth-order valence-electron chi connectivity index (χ4n) is 5.59. The van der Waals surface area contributed by atoms with E-state index in [1.807, 2.05) is 59.3 Å². The molecule has 272 valence electrons. The number of carbonyl (C=O) groups is 1. The van der Waals surface area contributed by atoms with Gasteiger partial charge in [0, 0.05) is 35.3 Å². The van der Waals surface area contributed by atoms with Gasteiger partial charge < -0.3 is 14.2 Å². The third-order valence-electron chi connectivity index (χ3n) is 7.99. The Morgan fingerprint density at radius 3 is 1.68 bits per heavy atom. The van der Waals surface area contributed by atoms with Crippen molar-refractivity contribution in [2.24, 2.45) is 0 Å². The van der Waals surface area contributed by atoms with Crippen molar-refractivity contribution in [1.82, 2.24) is 39.5 Å². The Labute approximate surface area is 329 Å². The van der Waals surface area contributed by atoms with Gasteiger partial charge in [0.05, 0.1) is 66.5 Å². The van der Waals surface area contributed by atoms with Crippen molar-refractivity contribution in [3.63, 3.8) is 0 Å². The van der Waals surface area contributed by atoms with Crippen LogP contribution in [0.5, 0.6) is 11.8 Å². The Kier molecular flexibility index (Phi) is 12.3. The van der Waals surface area contributed by atoms with Crippen LogP contribution in [0.2, 0.25) is 10.0 Å². The van der Waals surface area contributed by atoms with Crippen LogP contribution in [-0.4, -0.2) is 66.8 Å². The van der Waals surface area contributed by atoms with Crippen molar-refractivity contribution < 1.29 is 19.0 Å². The SMILES string of the molecule is C.C.COC(=O)c1nn(Cc2ccc3ncc(Cl)cc3c2)c2ccc(OC)nc12.COc1ccc2c(n1)c(I)nn2Cc1ccc2ncc(Cl)cc2c1. The van der Waals surface area contributed by atoms with E-state index >= 15 is 0 Å². The third-order valence-corrected chi connectivity index (χ3v) is 9.13. The number of rotatable bonds is 7. The number of benzene rings is 2. The number of pyridine rings is 4. The fourth-order valence-corrected chi connectivity index (χ4v) is 6.58. The molecule has 0 fully saturated rings. The monoisotopic (exact) mass is 864 g/mol. The molecule has 12 nitrogen and oxygen atoms in total. The highest BCUT2D eigenvalue weighted by molar-refractivity contribution is 14.1. The molecule has 0 radical (unpaired) electrons. The van der Waals surface area contributed by atoms with Gasteiger partial charge in [-0.3, -0.25) is 19.3 Å². The number of ether oxygens (including phenoxy) is 3. The minimum atomic E-state index is -0.547. The minimum Gasteiger partial charge on any atom is -0.481 e. The molecule has 6 heterocycles. The zero-order valence-corrected chi connectivity index (χ0v) is 31.0. The average molecular weight is 866 g/mol. The third kappa shape index (κ3) is 8.27. The summed E-state index contributed by atoms with van der Waals surface area (Å²) in [4.78, 5) is 29.6. The quantitative estimate of drug-likeness (QED) is 0.113. The molecule has 0 bridgehead atoms. The molecular formula is C38H35Cl2IN8O4. The van der Waals surface area contributed by atoms with Gasteiger partial charge >= 0.3 is 5.97 Å². The largest absolute Gasteiger partial charge is 0.481 e. The lowest BCUT2D eigenvalue weighted by molar-refractivity contribution is 0.0595. The highest BCUT2D eigenvalue weighted by Gasteiger charge is 2.20. The van der Waals surface area contributed by atoms with Crippen molar-refractivity contribution in [3.05, 3.63) is 116 Å². The molecule has 0 aliphatic rings. The summed E-state index contributed by atoms with van der Waals surface area (Å²) in [6, 6.07) is 23.2. The van der Waals surface area contributed by atoms with Gasteiger partial charge in [-0.1, -0.05) is 50.2 Å². The van der Waals surface area contributed by atoms with Crippen molar-refractivity contribution in [1.29, 1.82) is 0 Å². The normalized spacial score (nSPS) is 10.8. The highest BCUT2D eigenvalue weighted by Crippen LogP contribution is 2.25. The van der Waals surface area contributed by atoms with Crippen molar-refractivity contribution in [3.8, 4) is 11.8 Å². The van der Waals surface area contributed by atoms with Crippen LogP contribution in [0.3, 0.4) is 0 Å². The topological polar surface area (TPSA) is 132 Å². The first-order valence-corrected chi connectivity index (χ1v) is 17.2. The van der Waals surface area contributed by atoms with Crippen LogP contribution in [0.25, 0.3) is 43.9 Å². The Morgan fingerprint density at radius 2 is 1.17 bits per heavy atom. The molecule has 0 saturated carbocycles. The minimum absolute atomic E-state index is 0. The molecule has 6 aromatic heterocycles. The second-order valence-electron chi connectivity index (χ2n) is 11.3. The predicted molar refractivity (Wildman–Crippen MR) is 217 cm³/mol. The number of nitrogens with zero attached hydrogens (tertiary/aromatic N) is 8. The number of methoxy groups -OCH3 is 3. The summed E-state index contributed by atoms with van der Waals surface area (Å²) in [5.74, 6) is 0.444. The first-order chi connectivity index (χ1) is 24.7. The number of esters is 1. The van der Waals surface area contributed by atoms with Crippen molar-refractivity contribution in [2.75, 3.05) is 21.3 Å². The molecule has 2 aromatic carbocycles. The zero-order valence-electron chi connectivity index (χ0n) is 27.3. The van der Waals surface area contributed by atoms with Crippen molar-refractivity contribution in [2.45, 2.75) is 27.9 Å². The first kappa shape index (κ1) is 39.1. The summed E-state index contributed by atoms with van der Waals surface area (Å²) in [5, 5.41) is 12.2. The number of hydrogen-bond donors (Lipinski definition) is 0. The number of carbonyl (C=O) groups excluding carboxylic acids is 1. The summed E-state index contributed by atoms with van der Waals surface area (Å²) < 4.78 is 19.7. The summed E-state index contributed by atoms with van der Waals surface area (Å²) in [5.41, 5.74) is 7.02. The molecule has 0 amide bonds. The van der Waals surface area contributed by atoms with E-state index in [-0.39, 0.29) is 20.5 Å². The maximum absolute atomic E-state index is 12.1. The predicted octanol–water partition coefficient (Wildman–Crippen LogP) is 9.04. The maximum Gasteiger partial charge on any atom is 0.360 e. The van der Waals surface area contributed by atoms with E-state index in [4.69, 9.17) is 37.4 Å². The molecular weight excluding hydrogens is 830 g/mol. The number of halogens is 3. The Hall–Kier alpha value is -5.12. The number of fused-ring (bicyclic) bond motifs is 4. The Balaban J connectivity index is 0.000000198. The Morgan fingerprint density at radius 1 is 0.679 bits per heavy atom. The summed E-state index contributed by atoms with van der Waals surface area (Å²) in [7, 11) is 4.44. The molecule has 0 unspecified atom stereocenters.